The molecule has 0 atom stereocenters. The van der Waals surface area contributed by atoms with Gasteiger partial charge < -0.3 is 4.98 Å². The SMILES string of the molecule is CCc1cccc(CC)c1-n1nc2c(c1-c1ccc(F)c3[nH]ccc13)CN(Cc1cccc(F)c1)C2(C)C. The van der Waals surface area contributed by atoms with Crippen LogP contribution in [-0.4, -0.2) is 19.7 Å². The Labute approximate surface area is 221 Å². The molecule has 3 aromatic carbocycles. The standard InChI is InChI=1S/C32H32F2N4/c1-5-21-10-8-11-22(6-2)29(21)38-30(25-13-14-27(34)28-24(25)15-16-35-28)26-19-37(32(3,4)31(26)36-38)18-20-9-7-12-23(33)17-20/h7-17,35H,5-6,18-19H2,1-4H3. The molecule has 6 heteroatoms. The van der Waals surface area contributed by atoms with E-state index in [0.29, 0.717) is 18.6 Å². The van der Waals surface area contributed by atoms with Gasteiger partial charge in [0.05, 0.1) is 28.1 Å². The second kappa shape index (κ2) is 9.21. The summed E-state index contributed by atoms with van der Waals surface area (Å²) >= 11 is 0. The van der Waals surface area contributed by atoms with Crippen molar-refractivity contribution in [2.24, 2.45) is 0 Å². The van der Waals surface area contributed by atoms with Crippen molar-refractivity contribution in [3.63, 3.8) is 0 Å². The van der Waals surface area contributed by atoms with Crippen LogP contribution in [0.25, 0.3) is 27.8 Å². The minimum absolute atomic E-state index is 0.229. The number of aromatic nitrogens is 3. The Morgan fingerprint density at radius 3 is 2.39 bits per heavy atom. The summed E-state index contributed by atoms with van der Waals surface area (Å²) in [5.74, 6) is -0.500. The smallest absolute Gasteiger partial charge is 0.147 e. The molecule has 0 saturated heterocycles. The molecule has 0 fully saturated rings. The van der Waals surface area contributed by atoms with Gasteiger partial charge in [-0.15, -0.1) is 0 Å². The quantitative estimate of drug-likeness (QED) is 0.254. The van der Waals surface area contributed by atoms with Gasteiger partial charge in [0.1, 0.15) is 11.6 Å². The molecule has 0 saturated carbocycles. The predicted molar refractivity (Wildman–Crippen MR) is 148 cm³/mol. The van der Waals surface area contributed by atoms with E-state index in [-0.39, 0.29) is 17.2 Å². The second-order valence-corrected chi connectivity index (χ2v) is 10.6. The lowest BCUT2D eigenvalue weighted by Crippen LogP contribution is -2.35. The van der Waals surface area contributed by atoms with Crippen LogP contribution in [0.1, 0.15) is 55.6 Å². The van der Waals surface area contributed by atoms with E-state index >= 15 is 0 Å². The molecule has 5 aromatic rings. The monoisotopic (exact) mass is 510 g/mol. The Kier molecular flexibility index (Phi) is 5.95. The Balaban J connectivity index is 1.60. The van der Waals surface area contributed by atoms with Gasteiger partial charge in [-0.3, -0.25) is 4.90 Å². The molecule has 2 aromatic heterocycles. The fourth-order valence-corrected chi connectivity index (χ4v) is 5.99. The van der Waals surface area contributed by atoms with Crippen LogP contribution in [0.4, 0.5) is 8.78 Å². The number of nitrogens with one attached hydrogen (secondary N) is 1. The van der Waals surface area contributed by atoms with Crippen molar-refractivity contribution in [1.29, 1.82) is 0 Å². The van der Waals surface area contributed by atoms with Gasteiger partial charge in [-0.2, -0.15) is 5.10 Å². The fourth-order valence-electron chi connectivity index (χ4n) is 5.99. The third kappa shape index (κ3) is 3.78. The Bertz CT molecular complexity index is 1640. The highest BCUT2D eigenvalue weighted by Gasteiger charge is 2.43. The number of nitrogens with zero attached hydrogens (tertiary/aromatic N) is 3. The van der Waals surface area contributed by atoms with E-state index in [9.17, 15) is 8.78 Å². The highest BCUT2D eigenvalue weighted by atomic mass is 19.1. The number of aromatic amines is 1. The Morgan fingerprint density at radius 2 is 1.68 bits per heavy atom. The predicted octanol–water partition coefficient (Wildman–Crippen LogP) is 7.67. The molecule has 0 radical (unpaired) electrons. The largest absolute Gasteiger partial charge is 0.359 e. The summed E-state index contributed by atoms with van der Waals surface area (Å²) < 4.78 is 30.8. The molecule has 0 bridgehead atoms. The molecule has 0 aliphatic carbocycles. The molecule has 1 aliphatic rings. The van der Waals surface area contributed by atoms with Crippen LogP contribution in [0, 0.1) is 11.6 Å². The van der Waals surface area contributed by atoms with Crippen molar-refractivity contribution in [3.05, 3.63) is 106 Å². The molecule has 194 valence electrons. The highest BCUT2D eigenvalue weighted by molar-refractivity contribution is 5.96. The van der Waals surface area contributed by atoms with Crippen molar-refractivity contribution in [2.45, 2.75) is 59.2 Å². The summed E-state index contributed by atoms with van der Waals surface area (Å²) in [7, 11) is 0. The van der Waals surface area contributed by atoms with Gasteiger partial charge in [-0.25, -0.2) is 13.5 Å². The van der Waals surface area contributed by atoms with Crippen molar-refractivity contribution in [2.75, 3.05) is 0 Å². The van der Waals surface area contributed by atoms with Crippen LogP contribution in [0.3, 0.4) is 0 Å². The number of H-pyrrole nitrogens is 1. The lowest BCUT2D eigenvalue weighted by molar-refractivity contribution is 0.123. The normalized spacial score (nSPS) is 14.9. The lowest BCUT2D eigenvalue weighted by atomic mass is 9.97. The van der Waals surface area contributed by atoms with E-state index in [2.05, 4.69) is 60.5 Å². The van der Waals surface area contributed by atoms with Gasteiger partial charge in [-0.05, 0) is 73.7 Å². The minimum Gasteiger partial charge on any atom is -0.359 e. The number of halogens is 2. The zero-order valence-corrected chi connectivity index (χ0v) is 22.3. The molecule has 38 heavy (non-hydrogen) atoms. The summed E-state index contributed by atoms with van der Waals surface area (Å²) in [6.45, 7) is 9.97. The average molecular weight is 511 g/mol. The van der Waals surface area contributed by atoms with Gasteiger partial charge in [0.15, 0.2) is 0 Å². The number of rotatable bonds is 6. The molecule has 0 unspecified atom stereocenters. The number of fused-ring (bicyclic) bond motifs is 2. The summed E-state index contributed by atoms with van der Waals surface area (Å²) in [5.41, 5.74) is 8.70. The molecule has 3 heterocycles. The van der Waals surface area contributed by atoms with Crippen LogP contribution < -0.4 is 0 Å². The van der Waals surface area contributed by atoms with Gasteiger partial charge in [0, 0.05) is 35.8 Å². The van der Waals surface area contributed by atoms with E-state index in [1.54, 1.807) is 18.3 Å². The third-order valence-corrected chi connectivity index (χ3v) is 8.07. The first kappa shape index (κ1) is 24.6. The van der Waals surface area contributed by atoms with Crippen LogP contribution >= 0.6 is 0 Å². The van der Waals surface area contributed by atoms with Gasteiger partial charge in [0.2, 0.25) is 0 Å². The molecule has 0 amide bonds. The molecule has 1 N–H and O–H groups in total. The average Bonchev–Trinajstić information content (AvgIpc) is 3.60. The van der Waals surface area contributed by atoms with E-state index in [1.165, 1.54) is 23.3 Å². The first-order valence-electron chi connectivity index (χ1n) is 13.3. The van der Waals surface area contributed by atoms with Crippen molar-refractivity contribution >= 4 is 10.9 Å². The topological polar surface area (TPSA) is 36.9 Å². The van der Waals surface area contributed by atoms with E-state index in [1.807, 2.05) is 18.2 Å². The number of para-hydroxylation sites is 1. The summed E-state index contributed by atoms with van der Waals surface area (Å²) in [6, 6.07) is 18.6. The van der Waals surface area contributed by atoms with Gasteiger partial charge in [-0.1, -0.05) is 44.2 Å². The maximum Gasteiger partial charge on any atom is 0.147 e. The molecular weight excluding hydrogens is 478 g/mol. The molecule has 1 aliphatic heterocycles. The number of hydrogen-bond acceptors (Lipinski definition) is 2. The molecule has 4 nitrogen and oxygen atoms in total. The molecule has 0 spiro atoms. The first-order chi connectivity index (χ1) is 18.3. The van der Waals surface area contributed by atoms with Crippen LogP contribution in [0.5, 0.6) is 0 Å². The maximum absolute atomic E-state index is 14.7. The van der Waals surface area contributed by atoms with Gasteiger partial charge >= 0.3 is 0 Å². The lowest BCUT2D eigenvalue weighted by Gasteiger charge is -2.32. The van der Waals surface area contributed by atoms with Crippen LogP contribution in [0.15, 0.2) is 66.9 Å². The molecule has 6 rings (SSSR count). The van der Waals surface area contributed by atoms with E-state index in [4.69, 9.17) is 5.10 Å². The van der Waals surface area contributed by atoms with Crippen LogP contribution in [-0.2, 0) is 31.5 Å². The van der Waals surface area contributed by atoms with Crippen molar-refractivity contribution in [3.8, 4) is 16.9 Å². The minimum atomic E-state index is -0.382. The summed E-state index contributed by atoms with van der Waals surface area (Å²) in [4.78, 5) is 5.42. The van der Waals surface area contributed by atoms with E-state index in [0.717, 1.165) is 52.0 Å². The van der Waals surface area contributed by atoms with Crippen molar-refractivity contribution < 1.29 is 8.78 Å². The fraction of sp³-hybridized carbons (Fsp3) is 0.281. The molecular formula is C32H32F2N4. The third-order valence-electron chi connectivity index (χ3n) is 8.07. The number of aryl methyl sites for hydroxylation is 2. The highest BCUT2D eigenvalue weighted by Crippen LogP contribution is 2.46. The van der Waals surface area contributed by atoms with Gasteiger partial charge in [0.25, 0.3) is 0 Å². The Morgan fingerprint density at radius 1 is 0.947 bits per heavy atom. The summed E-state index contributed by atoms with van der Waals surface area (Å²) in [5, 5.41) is 6.16. The zero-order chi connectivity index (χ0) is 26.6. The van der Waals surface area contributed by atoms with Crippen LogP contribution in [0.2, 0.25) is 0 Å². The first-order valence-corrected chi connectivity index (χ1v) is 13.3. The summed E-state index contributed by atoms with van der Waals surface area (Å²) in [6.07, 6.45) is 3.55. The number of hydrogen-bond donors (Lipinski definition) is 1. The maximum atomic E-state index is 14.7. The van der Waals surface area contributed by atoms with E-state index < -0.39 is 0 Å². The Hall–Kier alpha value is -3.77. The van der Waals surface area contributed by atoms with Crippen molar-refractivity contribution in [1.82, 2.24) is 19.7 Å². The zero-order valence-electron chi connectivity index (χ0n) is 22.3. The second-order valence-electron chi connectivity index (χ2n) is 10.6. The number of benzene rings is 3.